The monoisotopic (exact) mass is 185 g/mol. The summed E-state index contributed by atoms with van der Waals surface area (Å²) in [5, 5.41) is 17.7. The van der Waals surface area contributed by atoms with Crippen molar-refractivity contribution in [2.24, 2.45) is 0 Å². The fourth-order valence-corrected chi connectivity index (χ4v) is 0.844. The first-order valence-electron chi connectivity index (χ1n) is 3.30. The van der Waals surface area contributed by atoms with Crippen LogP contribution in [-0.2, 0) is 4.74 Å². The predicted octanol–water partition coefficient (Wildman–Crippen LogP) is 0.205. The first kappa shape index (κ1) is 9.11. The number of carbonyl (C=O) groups excluding carboxylic acids is 1. The third-order valence-electron chi connectivity index (χ3n) is 1.47. The van der Waals surface area contributed by atoms with Crippen LogP contribution in [0.3, 0.4) is 0 Å². The average molecular weight is 185 g/mol. The minimum atomic E-state index is -1.34. The topological polar surface area (TPSA) is 99.6 Å². The second-order valence-corrected chi connectivity index (χ2v) is 2.22. The van der Waals surface area contributed by atoms with Gasteiger partial charge in [-0.15, -0.1) is 0 Å². The van der Waals surface area contributed by atoms with E-state index in [4.69, 9.17) is 5.11 Å². The number of methoxy groups -OCH3 is 1. The molecule has 0 aliphatic rings. The summed E-state index contributed by atoms with van der Waals surface area (Å²) in [4.78, 5) is 23.5. The largest absolute Gasteiger partial charge is 0.505 e. The molecule has 0 bridgehead atoms. The quantitative estimate of drug-likeness (QED) is 0.571. The third-order valence-corrected chi connectivity index (χ3v) is 1.47. The molecular weight excluding hydrogens is 178 g/mol. The molecule has 1 aromatic heterocycles. The van der Waals surface area contributed by atoms with Gasteiger partial charge < -0.3 is 19.9 Å². The smallest absolute Gasteiger partial charge is 0.356 e. The van der Waals surface area contributed by atoms with E-state index in [2.05, 4.69) is 9.72 Å². The number of nitrogens with one attached hydrogen (secondary N) is 1. The maximum absolute atomic E-state index is 10.9. The van der Waals surface area contributed by atoms with Crippen LogP contribution >= 0.6 is 0 Å². The number of carbonyl (C=O) groups is 2. The molecule has 13 heavy (non-hydrogen) atoms. The first-order valence-corrected chi connectivity index (χ1v) is 3.30. The molecular formula is C7H7NO5. The molecule has 3 N–H and O–H groups in total. The fourth-order valence-electron chi connectivity index (χ4n) is 0.844. The van der Waals surface area contributed by atoms with E-state index in [1.165, 1.54) is 0 Å². The zero-order chi connectivity index (χ0) is 10.0. The minimum Gasteiger partial charge on any atom is -0.505 e. The van der Waals surface area contributed by atoms with Crippen molar-refractivity contribution >= 4 is 11.9 Å². The number of hydrogen-bond acceptors (Lipinski definition) is 4. The molecule has 0 spiro atoms. The predicted molar refractivity (Wildman–Crippen MR) is 40.8 cm³/mol. The van der Waals surface area contributed by atoms with Crippen LogP contribution in [0.15, 0.2) is 6.20 Å². The second kappa shape index (κ2) is 3.18. The van der Waals surface area contributed by atoms with Gasteiger partial charge in [-0.05, 0) is 0 Å². The molecule has 1 rings (SSSR count). The van der Waals surface area contributed by atoms with Crippen LogP contribution in [0, 0.1) is 0 Å². The Bertz CT molecular complexity index is 354. The molecule has 0 saturated carbocycles. The van der Waals surface area contributed by atoms with Gasteiger partial charge in [0.2, 0.25) is 0 Å². The molecule has 1 aromatic rings. The molecule has 1 heterocycles. The van der Waals surface area contributed by atoms with Gasteiger partial charge >= 0.3 is 11.9 Å². The van der Waals surface area contributed by atoms with Crippen molar-refractivity contribution in [3.63, 3.8) is 0 Å². The van der Waals surface area contributed by atoms with Crippen LogP contribution in [0.1, 0.15) is 20.8 Å². The number of aromatic carboxylic acids is 1. The zero-order valence-corrected chi connectivity index (χ0v) is 6.70. The number of carboxylic acids is 1. The summed E-state index contributed by atoms with van der Waals surface area (Å²) in [5.74, 6) is -2.74. The molecule has 0 radical (unpaired) electrons. The van der Waals surface area contributed by atoms with Crippen molar-refractivity contribution in [3.8, 4) is 5.75 Å². The molecule has 0 atom stereocenters. The van der Waals surface area contributed by atoms with Gasteiger partial charge in [0.05, 0.1) is 7.11 Å². The molecule has 6 nitrogen and oxygen atoms in total. The summed E-state index contributed by atoms with van der Waals surface area (Å²) in [6.45, 7) is 0. The Kier molecular flexibility index (Phi) is 2.23. The average Bonchev–Trinajstić information content (AvgIpc) is 2.46. The third kappa shape index (κ3) is 1.46. The normalized spacial score (nSPS) is 9.62. The lowest BCUT2D eigenvalue weighted by Gasteiger charge is -1.95. The number of hydrogen-bond donors (Lipinski definition) is 3. The zero-order valence-electron chi connectivity index (χ0n) is 6.70. The van der Waals surface area contributed by atoms with Gasteiger partial charge in [-0.3, -0.25) is 0 Å². The molecule has 0 saturated heterocycles. The lowest BCUT2D eigenvalue weighted by atomic mass is 10.3. The van der Waals surface area contributed by atoms with Crippen molar-refractivity contribution in [2.45, 2.75) is 0 Å². The van der Waals surface area contributed by atoms with E-state index in [1.54, 1.807) is 0 Å². The molecule has 70 valence electrons. The number of esters is 1. The highest BCUT2D eigenvalue weighted by Gasteiger charge is 2.20. The summed E-state index contributed by atoms with van der Waals surface area (Å²) in [6.07, 6.45) is 1.07. The highest BCUT2D eigenvalue weighted by Crippen LogP contribution is 2.22. The summed E-state index contributed by atoms with van der Waals surface area (Å²) in [6, 6.07) is 0. The Balaban J connectivity index is 3.13. The summed E-state index contributed by atoms with van der Waals surface area (Å²) in [5.41, 5.74) is -0.625. The van der Waals surface area contributed by atoms with Gasteiger partial charge in [-0.25, -0.2) is 9.59 Å². The van der Waals surface area contributed by atoms with Crippen LogP contribution in [-0.4, -0.2) is 34.2 Å². The van der Waals surface area contributed by atoms with Crippen molar-refractivity contribution in [2.75, 3.05) is 7.11 Å². The van der Waals surface area contributed by atoms with Crippen molar-refractivity contribution in [3.05, 3.63) is 17.5 Å². The number of aromatic hydroxyl groups is 1. The van der Waals surface area contributed by atoms with Gasteiger partial charge in [-0.1, -0.05) is 0 Å². The highest BCUT2D eigenvalue weighted by atomic mass is 16.5. The number of H-pyrrole nitrogens is 1. The molecule has 0 amide bonds. The van der Waals surface area contributed by atoms with Crippen LogP contribution < -0.4 is 0 Å². The summed E-state index contributed by atoms with van der Waals surface area (Å²) >= 11 is 0. The Morgan fingerprint density at radius 2 is 2.15 bits per heavy atom. The second-order valence-electron chi connectivity index (χ2n) is 2.22. The van der Waals surface area contributed by atoms with E-state index >= 15 is 0 Å². The van der Waals surface area contributed by atoms with Crippen LogP contribution in [0.5, 0.6) is 5.75 Å². The number of aromatic nitrogens is 1. The summed E-state index contributed by atoms with van der Waals surface area (Å²) < 4.78 is 4.30. The SMILES string of the molecule is COC(=O)c1c[nH]c(C(=O)O)c1O. The first-order chi connectivity index (χ1) is 6.07. The van der Waals surface area contributed by atoms with Gasteiger partial charge in [0.25, 0.3) is 0 Å². The molecule has 0 aliphatic heterocycles. The van der Waals surface area contributed by atoms with E-state index in [9.17, 15) is 14.7 Å². The number of rotatable bonds is 2. The van der Waals surface area contributed by atoms with E-state index in [-0.39, 0.29) is 5.56 Å². The molecule has 0 aliphatic carbocycles. The van der Waals surface area contributed by atoms with E-state index < -0.39 is 23.4 Å². The van der Waals surface area contributed by atoms with Gasteiger partial charge in [0, 0.05) is 6.20 Å². The lowest BCUT2D eigenvalue weighted by Crippen LogP contribution is -2.00. The van der Waals surface area contributed by atoms with Gasteiger partial charge in [-0.2, -0.15) is 0 Å². The molecule has 0 fully saturated rings. The Morgan fingerprint density at radius 3 is 2.54 bits per heavy atom. The Morgan fingerprint density at radius 1 is 1.54 bits per heavy atom. The Hall–Kier alpha value is -1.98. The highest BCUT2D eigenvalue weighted by molar-refractivity contribution is 5.98. The van der Waals surface area contributed by atoms with E-state index in [1.807, 2.05) is 0 Å². The van der Waals surface area contributed by atoms with Crippen molar-refractivity contribution < 1.29 is 24.5 Å². The lowest BCUT2D eigenvalue weighted by molar-refractivity contribution is 0.0598. The number of aromatic amines is 1. The van der Waals surface area contributed by atoms with E-state index in [0.717, 1.165) is 13.3 Å². The van der Waals surface area contributed by atoms with Crippen LogP contribution in [0.25, 0.3) is 0 Å². The van der Waals surface area contributed by atoms with Gasteiger partial charge in [0.1, 0.15) is 5.56 Å². The number of ether oxygens (including phenoxy) is 1. The molecule has 6 heteroatoms. The summed E-state index contributed by atoms with van der Waals surface area (Å²) in [7, 11) is 1.13. The van der Waals surface area contributed by atoms with Gasteiger partial charge in [0.15, 0.2) is 11.4 Å². The maximum atomic E-state index is 10.9. The van der Waals surface area contributed by atoms with Crippen molar-refractivity contribution in [1.82, 2.24) is 4.98 Å². The molecule has 0 aromatic carbocycles. The molecule has 0 unspecified atom stereocenters. The standard InChI is InChI=1S/C7H7NO5/c1-13-7(12)3-2-8-4(5(3)9)6(10)11/h2,8-9H,1H3,(H,10,11). The minimum absolute atomic E-state index is 0.195. The Labute approximate surface area is 72.8 Å². The fraction of sp³-hybridized carbons (Fsp3) is 0.143. The van der Waals surface area contributed by atoms with Crippen molar-refractivity contribution in [1.29, 1.82) is 0 Å². The number of carboxylic acid groups (broad SMARTS) is 1. The van der Waals surface area contributed by atoms with Crippen LogP contribution in [0.4, 0.5) is 0 Å². The van der Waals surface area contributed by atoms with E-state index in [0.29, 0.717) is 0 Å². The van der Waals surface area contributed by atoms with Crippen LogP contribution in [0.2, 0.25) is 0 Å². The maximum Gasteiger partial charge on any atom is 0.356 e.